The molecule has 1 aliphatic rings. The summed E-state index contributed by atoms with van der Waals surface area (Å²) in [5.74, 6) is 0. The van der Waals surface area contributed by atoms with Crippen molar-refractivity contribution in [3.63, 3.8) is 0 Å². The normalized spacial score (nSPS) is 32.2. The Morgan fingerprint density at radius 1 is 1.54 bits per heavy atom. The van der Waals surface area contributed by atoms with E-state index in [1.54, 1.807) is 11.3 Å². The van der Waals surface area contributed by atoms with Crippen molar-refractivity contribution < 1.29 is 9.84 Å². The third kappa shape index (κ3) is 1.64. The zero-order valence-corrected chi connectivity index (χ0v) is 8.73. The Labute approximate surface area is 82.2 Å². The summed E-state index contributed by atoms with van der Waals surface area (Å²) in [6, 6.07) is 3.93. The van der Waals surface area contributed by atoms with Gasteiger partial charge in [-0.1, -0.05) is 6.07 Å². The SMILES string of the molecule is CC1(C)CC(O)(c2cccs2)CO1. The van der Waals surface area contributed by atoms with Gasteiger partial charge in [0.25, 0.3) is 0 Å². The van der Waals surface area contributed by atoms with Crippen molar-refractivity contribution in [2.45, 2.75) is 31.5 Å². The Kier molecular flexibility index (Phi) is 1.98. The molecular weight excluding hydrogens is 184 g/mol. The van der Waals surface area contributed by atoms with Gasteiger partial charge in [-0.05, 0) is 25.3 Å². The molecule has 0 aliphatic carbocycles. The zero-order chi connectivity index (χ0) is 9.53. The van der Waals surface area contributed by atoms with Gasteiger partial charge in [0.1, 0.15) is 5.60 Å². The van der Waals surface area contributed by atoms with Crippen LogP contribution in [0.5, 0.6) is 0 Å². The highest BCUT2D eigenvalue weighted by Crippen LogP contribution is 2.41. The highest BCUT2D eigenvalue weighted by atomic mass is 32.1. The van der Waals surface area contributed by atoms with E-state index in [-0.39, 0.29) is 5.60 Å². The standard InChI is InChI=1S/C10H14O2S/c1-9(2)6-10(11,7-12-9)8-4-3-5-13-8/h3-5,11H,6-7H2,1-2H3. The van der Waals surface area contributed by atoms with Crippen LogP contribution in [-0.4, -0.2) is 17.3 Å². The first-order valence-corrected chi connectivity index (χ1v) is 5.30. The monoisotopic (exact) mass is 198 g/mol. The number of rotatable bonds is 1. The minimum Gasteiger partial charge on any atom is -0.382 e. The average molecular weight is 198 g/mol. The molecule has 0 radical (unpaired) electrons. The number of hydrogen-bond acceptors (Lipinski definition) is 3. The molecule has 2 rings (SSSR count). The molecule has 3 heteroatoms. The molecule has 2 heterocycles. The van der Waals surface area contributed by atoms with Crippen molar-refractivity contribution in [3.05, 3.63) is 22.4 Å². The summed E-state index contributed by atoms with van der Waals surface area (Å²) in [7, 11) is 0. The fourth-order valence-electron chi connectivity index (χ4n) is 1.82. The molecule has 1 saturated heterocycles. The molecule has 0 bridgehead atoms. The summed E-state index contributed by atoms with van der Waals surface area (Å²) in [5.41, 5.74) is -0.948. The fourth-order valence-corrected chi connectivity index (χ4v) is 2.63. The van der Waals surface area contributed by atoms with Crippen LogP contribution in [0.15, 0.2) is 17.5 Å². The van der Waals surface area contributed by atoms with Crippen LogP contribution in [-0.2, 0) is 10.3 Å². The molecule has 1 N–H and O–H groups in total. The highest BCUT2D eigenvalue weighted by molar-refractivity contribution is 7.10. The molecule has 1 aliphatic heterocycles. The third-order valence-electron chi connectivity index (χ3n) is 2.40. The van der Waals surface area contributed by atoms with E-state index >= 15 is 0 Å². The number of hydrogen-bond donors (Lipinski definition) is 1. The van der Waals surface area contributed by atoms with Gasteiger partial charge in [0.15, 0.2) is 0 Å². The summed E-state index contributed by atoms with van der Waals surface area (Å²) in [4.78, 5) is 1.01. The Hall–Kier alpha value is -0.380. The Balaban J connectivity index is 2.25. The van der Waals surface area contributed by atoms with Gasteiger partial charge in [0, 0.05) is 11.3 Å². The van der Waals surface area contributed by atoms with Crippen molar-refractivity contribution in [1.29, 1.82) is 0 Å². The van der Waals surface area contributed by atoms with Gasteiger partial charge in [-0.3, -0.25) is 0 Å². The lowest BCUT2D eigenvalue weighted by atomic mass is 9.92. The number of ether oxygens (including phenoxy) is 1. The van der Waals surface area contributed by atoms with E-state index in [9.17, 15) is 5.11 Å². The second-order valence-corrected chi connectivity index (χ2v) is 5.18. The Morgan fingerprint density at radius 3 is 2.77 bits per heavy atom. The van der Waals surface area contributed by atoms with E-state index in [0.717, 1.165) is 4.88 Å². The third-order valence-corrected chi connectivity index (χ3v) is 3.46. The Morgan fingerprint density at radius 2 is 2.31 bits per heavy atom. The lowest BCUT2D eigenvalue weighted by Gasteiger charge is -2.20. The summed E-state index contributed by atoms with van der Waals surface area (Å²) < 4.78 is 5.54. The molecule has 1 aromatic rings. The number of aliphatic hydroxyl groups is 1. The summed E-state index contributed by atoms with van der Waals surface area (Å²) in [6.07, 6.45) is 0.681. The summed E-state index contributed by atoms with van der Waals surface area (Å²) >= 11 is 1.59. The second-order valence-electron chi connectivity index (χ2n) is 4.23. The topological polar surface area (TPSA) is 29.5 Å². The average Bonchev–Trinajstić information content (AvgIpc) is 2.58. The van der Waals surface area contributed by atoms with Gasteiger partial charge < -0.3 is 9.84 Å². The molecule has 13 heavy (non-hydrogen) atoms. The van der Waals surface area contributed by atoms with Crippen LogP contribution in [0.25, 0.3) is 0 Å². The molecular formula is C10H14O2S. The maximum Gasteiger partial charge on any atom is 0.125 e. The second kappa shape index (κ2) is 2.80. The first-order chi connectivity index (χ1) is 6.02. The van der Waals surface area contributed by atoms with Crippen molar-refractivity contribution in [3.8, 4) is 0 Å². The smallest absolute Gasteiger partial charge is 0.125 e. The van der Waals surface area contributed by atoms with Crippen LogP contribution < -0.4 is 0 Å². The Bertz CT molecular complexity index is 292. The molecule has 1 aromatic heterocycles. The molecule has 1 unspecified atom stereocenters. The van der Waals surface area contributed by atoms with Crippen LogP contribution in [0.2, 0.25) is 0 Å². The largest absolute Gasteiger partial charge is 0.382 e. The van der Waals surface area contributed by atoms with Crippen LogP contribution in [0, 0.1) is 0 Å². The van der Waals surface area contributed by atoms with Crippen molar-refractivity contribution in [2.75, 3.05) is 6.61 Å². The minimum atomic E-state index is -0.752. The predicted molar refractivity (Wildman–Crippen MR) is 52.9 cm³/mol. The molecule has 0 saturated carbocycles. The van der Waals surface area contributed by atoms with Gasteiger partial charge in [-0.2, -0.15) is 0 Å². The molecule has 0 amide bonds. The number of thiophene rings is 1. The van der Waals surface area contributed by atoms with Crippen LogP contribution in [0.3, 0.4) is 0 Å². The van der Waals surface area contributed by atoms with E-state index in [0.29, 0.717) is 13.0 Å². The quantitative estimate of drug-likeness (QED) is 0.749. The van der Waals surface area contributed by atoms with E-state index in [2.05, 4.69) is 0 Å². The maximum atomic E-state index is 10.3. The van der Waals surface area contributed by atoms with E-state index in [1.165, 1.54) is 0 Å². The van der Waals surface area contributed by atoms with Crippen molar-refractivity contribution >= 4 is 11.3 Å². The van der Waals surface area contributed by atoms with Crippen molar-refractivity contribution in [2.24, 2.45) is 0 Å². The molecule has 1 atom stereocenters. The van der Waals surface area contributed by atoms with Gasteiger partial charge in [0.2, 0.25) is 0 Å². The van der Waals surface area contributed by atoms with Crippen LogP contribution in [0.4, 0.5) is 0 Å². The molecule has 72 valence electrons. The van der Waals surface area contributed by atoms with E-state index in [1.807, 2.05) is 31.4 Å². The molecule has 1 fully saturated rings. The fraction of sp³-hybridized carbons (Fsp3) is 0.600. The van der Waals surface area contributed by atoms with E-state index in [4.69, 9.17) is 4.74 Å². The van der Waals surface area contributed by atoms with Crippen LogP contribution in [0.1, 0.15) is 25.1 Å². The lowest BCUT2D eigenvalue weighted by molar-refractivity contribution is 0.00524. The molecule has 2 nitrogen and oxygen atoms in total. The van der Waals surface area contributed by atoms with Gasteiger partial charge in [-0.15, -0.1) is 11.3 Å². The lowest BCUT2D eigenvalue weighted by Crippen LogP contribution is -2.26. The highest BCUT2D eigenvalue weighted by Gasteiger charge is 2.44. The van der Waals surface area contributed by atoms with E-state index < -0.39 is 5.60 Å². The van der Waals surface area contributed by atoms with Gasteiger partial charge in [-0.25, -0.2) is 0 Å². The molecule has 0 spiro atoms. The van der Waals surface area contributed by atoms with Crippen LogP contribution >= 0.6 is 11.3 Å². The molecule has 0 aromatic carbocycles. The van der Waals surface area contributed by atoms with Gasteiger partial charge >= 0.3 is 0 Å². The first-order valence-electron chi connectivity index (χ1n) is 4.42. The first kappa shape index (κ1) is 9.19. The summed E-state index contributed by atoms with van der Waals surface area (Å²) in [5, 5.41) is 12.3. The predicted octanol–water partition coefficient (Wildman–Crippen LogP) is 2.13. The minimum absolute atomic E-state index is 0.196. The maximum absolute atomic E-state index is 10.3. The van der Waals surface area contributed by atoms with Gasteiger partial charge in [0.05, 0.1) is 12.2 Å². The van der Waals surface area contributed by atoms with Crippen molar-refractivity contribution in [1.82, 2.24) is 0 Å². The zero-order valence-electron chi connectivity index (χ0n) is 7.91. The summed E-state index contributed by atoms with van der Waals surface area (Å²) in [6.45, 7) is 4.44.